The van der Waals surface area contributed by atoms with E-state index >= 15 is 0 Å². The van der Waals surface area contributed by atoms with Crippen LogP contribution in [0.5, 0.6) is 0 Å². The third-order valence-electron chi connectivity index (χ3n) is 6.17. The van der Waals surface area contributed by atoms with Gasteiger partial charge in [0, 0.05) is 25.3 Å². The maximum Gasteiger partial charge on any atom is 0.189 e. The number of aromatic nitrogens is 4. The molecule has 160 valence electrons. The van der Waals surface area contributed by atoms with Crippen molar-refractivity contribution in [1.82, 2.24) is 25.9 Å². The summed E-state index contributed by atoms with van der Waals surface area (Å²) in [7, 11) is 1.88. The Balaban J connectivity index is 2.02. The zero-order chi connectivity index (χ0) is 22.2. The molecule has 7 heteroatoms. The average molecular weight is 416 g/mol. The molecule has 0 fully saturated rings. The number of nitrogens with two attached hydrogens (primary N) is 2. The van der Waals surface area contributed by atoms with Crippen LogP contribution in [0.2, 0.25) is 0 Å². The van der Waals surface area contributed by atoms with Crippen LogP contribution in [-0.4, -0.2) is 40.3 Å². The molecule has 31 heavy (non-hydrogen) atoms. The van der Waals surface area contributed by atoms with Crippen LogP contribution >= 0.6 is 0 Å². The van der Waals surface area contributed by atoms with E-state index in [0.717, 1.165) is 39.9 Å². The van der Waals surface area contributed by atoms with Crippen LogP contribution in [0.15, 0.2) is 49.6 Å². The van der Waals surface area contributed by atoms with Crippen LogP contribution in [0.4, 0.5) is 0 Å². The minimum atomic E-state index is -0.605. The summed E-state index contributed by atoms with van der Waals surface area (Å²) >= 11 is 0. The smallest absolute Gasteiger partial charge is 0.189 e. The Labute approximate surface area is 182 Å². The third kappa shape index (κ3) is 3.45. The molecule has 0 spiro atoms. The summed E-state index contributed by atoms with van der Waals surface area (Å²) in [6.45, 7) is 10.7. The molecule has 0 bridgehead atoms. The Morgan fingerprint density at radius 3 is 2.35 bits per heavy atom. The van der Waals surface area contributed by atoms with Crippen molar-refractivity contribution in [2.45, 2.75) is 31.2 Å². The first-order valence-corrected chi connectivity index (χ1v) is 10.4. The number of tetrazole rings is 1. The molecule has 1 heterocycles. The fourth-order valence-electron chi connectivity index (χ4n) is 4.71. The molecule has 1 unspecified atom stereocenters. The zero-order valence-corrected chi connectivity index (χ0v) is 18.1. The van der Waals surface area contributed by atoms with Crippen molar-refractivity contribution in [3.8, 4) is 0 Å². The molecule has 2 aromatic carbocycles. The Kier molecular flexibility index (Phi) is 5.47. The molecule has 0 aliphatic heterocycles. The summed E-state index contributed by atoms with van der Waals surface area (Å²) in [5, 5.41) is 18.5. The van der Waals surface area contributed by atoms with Crippen LogP contribution < -0.4 is 16.8 Å². The highest BCUT2D eigenvalue weighted by Crippen LogP contribution is 2.48. The second-order valence-corrected chi connectivity index (χ2v) is 8.28. The first kappa shape index (κ1) is 21.0. The zero-order valence-electron chi connectivity index (χ0n) is 18.1. The lowest BCUT2D eigenvalue weighted by atomic mass is 9.62. The number of nitrogens with zero attached hydrogens (tertiary/aromatic N) is 3. The van der Waals surface area contributed by atoms with E-state index in [0.29, 0.717) is 18.8 Å². The van der Waals surface area contributed by atoms with E-state index in [-0.39, 0.29) is 6.04 Å². The van der Waals surface area contributed by atoms with Crippen LogP contribution in [0.3, 0.4) is 0 Å². The number of hydrogen-bond donors (Lipinski definition) is 4. The molecule has 1 aromatic heterocycles. The lowest BCUT2D eigenvalue weighted by molar-refractivity contribution is 0.465. The van der Waals surface area contributed by atoms with Crippen molar-refractivity contribution < 1.29 is 0 Å². The maximum absolute atomic E-state index is 6.39. The van der Waals surface area contributed by atoms with Crippen LogP contribution in [0.1, 0.15) is 52.5 Å². The minimum Gasteiger partial charge on any atom is -0.388 e. The van der Waals surface area contributed by atoms with Gasteiger partial charge >= 0.3 is 0 Å². The van der Waals surface area contributed by atoms with Gasteiger partial charge in [-0.15, -0.1) is 10.2 Å². The molecule has 1 aliphatic carbocycles. The van der Waals surface area contributed by atoms with Crippen LogP contribution in [0, 0.1) is 0 Å². The summed E-state index contributed by atoms with van der Waals surface area (Å²) in [5.74, 6) is 0.623. The molecule has 4 rings (SSSR count). The van der Waals surface area contributed by atoms with Gasteiger partial charge in [-0.25, -0.2) is 0 Å². The lowest BCUT2D eigenvalue weighted by Gasteiger charge is -2.40. The maximum atomic E-state index is 6.39. The molecule has 0 saturated heterocycles. The van der Waals surface area contributed by atoms with Crippen molar-refractivity contribution in [1.29, 1.82) is 0 Å². The molecule has 0 radical (unpaired) electrons. The van der Waals surface area contributed by atoms with Gasteiger partial charge in [0.25, 0.3) is 0 Å². The van der Waals surface area contributed by atoms with E-state index in [9.17, 15) is 0 Å². The summed E-state index contributed by atoms with van der Waals surface area (Å²) in [6, 6.07) is 12.8. The molecule has 7 nitrogen and oxygen atoms in total. The highest BCUT2D eigenvalue weighted by Gasteiger charge is 2.46. The van der Waals surface area contributed by atoms with Crippen molar-refractivity contribution in [3.05, 3.63) is 88.8 Å². The first-order chi connectivity index (χ1) is 14.9. The van der Waals surface area contributed by atoms with Crippen molar-refractivity contribution in [2.24, 2.45) is 11.5 Å². The van der Waals surface area contributed by atoms with Gasteiger partial charge in [0.05, 0.1) is 5.41 Å². The number of aromatic amines is 1. The molecule has 2 atom stereocenters. The summed E-state index contributed by atoms with van der Waals surface area (Å²) in [6.07, 6.45) is 1.43. The van der Waals surface area contributed by atoms with E-state index in [4.69, 9.17) is 11.5 Å². The molecule has 6 N–H and O–H groups in total. The normalized spacial score (nSPS) is 18.1. The van der Waals surface area contributed by atoms with Gasteiger partial charge in [-0.2, -0.15) is 5.21 Å². The van der Waals surface area contributed by atoms with Crippen molar-refractivity contribution in [2.75, 3.05) is 13.6 Å². The van der Waals surface area contributed by atoms with Crippen molar-refractivity contribution in [3.63, 3.8) is 0 Å². The van der Waals surface area contributed by atoms with Gasteiger partial charge in [0.15, 0.2) is 5.82 Å². The monoisotopic (exact) mass is 415 g/mol. The largest absolute Gasteiger partial charge is 0.388 e. The quantitative estimate of drug-likeness (QED) is 0.470. The second kappa shape index (κ2) is 8.09. The lowest BCUT2D eigenvalue weighted by Crippen LogP contribution is -2.40. The van der Waals surface area contributed by atoms with E-state index in [1.807, 2.05) is 14.0 Å². The molecule has 0 amide bonds. The Morgan fingerprint density at radius 2 is 1.81 bits per heavy atom. The molecule has 3 aromatic rings. The standard InChI is InChI=1S/C24H29N7/c1-14(13-25)17-5-7-21-19(9-17)11-20-10-18(16(3)27-4)6-8-22(20)24(21,12-15(2)26)23-28-30-31-29-23/h5-10,15,27H,1,3,11-13,25-26H2,2,4H3,(H,28,29,30,31)/t15-,24?/m1/s1. The average Bonchev–Trinajstić information content (AvgIpc) is 3.32. The predicted molar refractivity (Wildman–Crippen MR) is 124 cm³/mol. The summed E-state index contributed by atoms with van der Waals surface area (Å²) < 4.78 is 0. The van der Waals surface area contributed by atoms with Gasteiger partial charge in [0.2, 0.25) is 0 Å². The SMILES string of the molecule is C=C(CN)c1ccc2c(c1)Cc1cc(C(=C)NC)ccc1C2(C[C@@H](C)N)c1nn[nH]n1. The highest BCUT2D eigenvalue weighted by molar-refractivity contribution is 5.70. The minimum absolute atomic E-state index is 0.0806. The predicted octanol–water partition coefficient (Wildman–Crippen LogP) is 2.34. The van der Waals surface area contributed by atoms with Gasteiger partial charge in [-0.05, 0) is 64.8 Å². The van der Waals surface area contributed by atoms with Gasteiger partial charge < -0.3 is 16.8 Å². The topological polar surface area (TPSA) is 119 Å². The fourth-order valence-corrected chi connectivity index (χ4v) is 4.71. The first-order valence-electron chi connectivity index (χ1n) is 10.4. The van der Waals surface area contributed by atoms with E-state index < -0.39 is 5.41 Å². The number of rotatable bonds is 7. The molecule has 1 aliphatic rings. The fraction of sp³-hybridized carbons (Fsp3) is 0.292. The number of hydrogen-bond acceptors (Lipinski definition) is 6. The highest BCUT2D eigenvalue weighted by atomic mass is 15.5. The number of nitrogens with one attached hydrogen (secondary N) is 2. The Hall–Kier alpha value is -3.29. The van der Waals surface area contributed by atoms with E-state index in [1.165, 1.54) is 11.1 Å². The molecular formula is C24H29N7. The number of benzene rings is 2. The summed E-state index contributed by atoms with van der Waals surface area (Å²) in [4.78, 5) is 0. The van der Waals surface area contributed by atoms with E-state index in [1.54, 1.807) is 0 Å². The van der Waals surface area contributed by atoms with Gasteiger partial charge in [-0.3, -0.25) is 0 Å². The van der Waals surface area contributed by atoms with Gasteiger partial charge in [0.1, 0.15) is 0 Å². The number of fused-ring (bicyclic) bond motifs is 2. The number of H-pyrrole nitrogens is 1. The third-order valence-corrected chi connectivity index (χ3v) is 6.17. The van der Waals surface area contributed by atoms with Crippen LogP contribution in [0.25, 0.3) is 11.3 Å². The van der Waals surface area contributed by atoms with Crippen LogP contribution in [-0.2, 0) is 11.8 Å². The van der Waals surface area contributed by atoms with Gasteiger partial charge in [-0.1, -0.05) is 48.7 Å². The Bertz CT molecular complexity index is 1060. The van der Waals surface area contributed by atoms with Crippen molar-refractivity contribution >= 4 is 11.3 Å². The molecular weight excluding hydrogens is 386 g/mol. The summed E-state index contributed by atoms with van der Waals surface area (Å²) in [5.41, 5.74) is 20.2. The van der Waals surface area contributed by atoms with E-state index in [2.05, 4.69) is 75.5 Å². The second-order valence-electron chi connectivity index (χ2n) is 8.28. The Morgan fingerprint density at radius 1 is 1.16 bits per heavy atom. The molecule has 0 saturated carbocycles.